The van der Waals surface area contributed by atoms with E-state index in [1.165, 1.54) is 0 Å². The van der Waals surface area contributed by atoms with Gasteiger partial charge < -0.3 is 37.4 Å². The van der Waals surface area contributed by atoms with Crippen molar-refractivity contribution in [1.82, 2.24) is 25.5 Å². The molecular formula is C33H45N5O5W. The number of nitrogens with zero attached hydrogens (tertiary/aromatic N) is 3. The zero-order valence-electron chi connectivity index (χ0n) is 26.4. The molecule has 10 nitrogen and oxygen atoms in total. The van der Waals surface area contributed by atoms with Crippen LogP contribution in [0.15, 0.2) is 36.4 Å². The zero-order chi connectivity index (χ0) is 29.9. The number of rotatable bonds is 5. The quantitative estimate of drug-likeness (QED) is 0.267. The van der Waals surface area contributed by atoms with Crippen molar-refractivity contribution in [3.05, 3.63) is 50.0 Å². The predicted octanol–water partition coefficient (Wildman–Crippen LogP) is 3.94. The fraction of sp³-hybridized carbons (Fsp3) is 0.576. The van der Waals surface area contributed by atoms with E-state index in [0.717, 1.165) is 25.7 Å². The molecule has 0 radical (unpaired) electrons. The second-order valence-electron chi connectivity index (χ2n) is 12.6. The summed E-state index contributed by atoms with van der Waals surface area (Å²) >= 11 is 0. The Hall–Kier alpha value is -2.84. The van der Waals surface area contributed by atoms with Crippen LogP contribution in [-0.2, 0) is 40.2 Å². The van der Waals surface area contributed by atoms with Crippen LogP contribution in [0.3, 0.4) is 0 Å². The summed E-state index contributed by atoms with van der Waals surface area (Å²) in [5.41, 5.74) is -0.0408. The molecule has 1 saturated heterocycles. The van der Waals surface area contributed by atoms with E-state index in [4.69, 9.17) is 9.47 Å². The number of para-hydroxylation sites is 2. The van der Waals surface area contributed by atoms with Crippen LogP contribution in [0.4, 0.5) is 0 Å². The van der Waals surface area contributed by atoms with Crippen LogP contribution < -0.4 is 15.4 Å². The Balaban J connectivity index is 0.00000264. The average Bonchev–Trinajstić information content (AvgIpc) is 3.48. The minimum absolute atomic E-state index is 0. The van der Waals surface area contributed by atoms with E-state index in [9.17, 15) is 14.4 Å². The van der Waals surface area contributed by atoms with Gasteiger partial charge in [-0.1, -0.05) is 54.9 Å². The van der Waals surface area contributed by atoms with Crippen molar-refractivity contribution in [3.8, 4) is 5.88 Å². The molecule has 1 aromatic heterocycles. The molecule has 2 N–H and O–H groups in total. The van der Waals surface area contributed by atoms with E-state index in [1.807, 2.05) is 51.1 Å². The standard InChI is InChI=1S/C32H42N5O5.CH3.W/c1-5-41-30(40)32-18-21(32)13-9-7-6-8-10-16-25(35-31(2,3)4)29(39)37-20-22(17-26(37)28(38)36-32)42-27-19-33-23-14-11-12-15-24(23)34-27;;/h9,11-15,21-22,25-26,35H,5-8,10,16-18,20H2,1-4H3,(H,36,38);1H3;/q2*-1;+2/b13-9-;;/t21?,22-,25-,26+,32-;;/m1../s1. The minimum atomic E-state index is -1.11. The maximum atomic E-state index is 14.2. The van der Waals surface area contributed by atoms with E-state index in [-0.39, 0.29) is 77.2 Å². The molecule has 2 amide bonds. The van der Waals surface area contributed by atoms with Gasteiger partial charge in [-0.3, -0.25) is 9.59 Å². The number of esters is 1. The summed E-state index contributed by atoms with van der Waals surface area (Å²) in [5.74, 6) is -0.879. The molecule has 3 aliphatic rings. The Morgan fingerprint density at radius 1 is 1.18 bits per heavy atom. The number of hydrogen-bond donors (Lipinski definition) is 2. The summed E-state index contributed by atoms with van der Waals surface area (Å²) < 4.78 is 11.6. The number of benzene rings is 1. The second kappa shape index (κ2) is 15.0. The van der Waals surface area contributed by atoms with Gasteiger partial charge in [-0.15, -0.1) is 6.07 Å². The van der Waals surface area contributed by atoms with Gasteiger partial charge in [-0.05, 0) is 53.4 Å². The van der Waals surface area contributed by atoms with E-state index in [0.29, 0.717) is 23.9 Å². The maximum absolute atomic E-state index is 14.2. The summed E-state index contributed by atoms with van der Waals surface area (Å²) in [6, 6.07) is 6.17. The predicted molar refractivity (Wildman–Crippen MR) is 164 cm³/mol. The summed E-state index contributed by atoms with van der Waals surface area (Å²) in [5, 5.41) is 6.51. The first-order chi connectivity index (χ1) is 20.1. The third-order valence-electron chi connectivity index (χ3n) is 8.14. The minimum Gasteiger partial charge on any atom is -0.488 e. The van der Waals surface area contributed by atoms with Crippen molar-refractivity contribution >= 4 is 28.8 Å². The molecule has 5 rings (SSSR count). The molecule has 1 aromatic carbocycles. The molecule has 1 unspecified atom stereocenters. The average molecular weight is 776 g/mol. The number of nitrogens with one attached hydrogen (secondary N) is 2. The molecule has 2 aromatic rings. The third-order valence-corrected chi connectivity index (χ3v) is 8.14. The van der Waals surface area contributed by atoms with E-state index < -0.39 is 29.7 Å². The number of amides is 2. The molecule has 5 atom stereocenters. The summed E-state index contributed by atoms with van der Waals surface area (Å²) in [4.78, 5) is 51.6. The van der Waals surface area contributed by atoms with E-state index >= 15 is 0 Å². The number of carbonyl (C=O) groups excluding carboxylic acids is 3. The third kappa shape index (κ3) is 8.25. The molecule has 2 aliphatic heterocycles. The van der Waals surface area contributed by atoms with Crippen molar-refractivity contribution in [1.29, 1.82) is 0 Å². The first-order valence-electron chi connectivity index (χ1n) is 15.1. The summed E-state index contributed by atoms with van der Waals surface area (Å²) in [6.07, 6.45) is 11.6. The summed E-state index contributed by atoms with van der Waals surface area (Å²) in [7, 11) is 0. The SMILES string of the molecule is CCOC(=O)[C@@]12CC1/C=C\CCCCC[C@@H](NC(C)(C)C)C(=O)N1C[C@H](Oc3[c-]nc4ccccc4n3)C[C@H]1C(=O)N2.[CH3-].[W+2]. The molecule has 11 heteroatoms. The van der Waals surface area contributed by atoms with Crippen molar-refractivity contribution in [2.45, 2.75) is 102 Å². The Morgan fingerprint density at radius 2 is 1.93 bits per heavy atom. The number of aromatic nitrogens is 2. The first-order valence-corrected chi connectivity index (χ1v) is 15.1. The van der Waals surface area contributed by atoms with Crippen LogP contribution >= 0.6 is 0 Å². The van der Waals surface area contributed by atoms with E-state index in [2.05, 4.69) is 32.9 Å². The van der Waals surface area contributed by atoms with Crippen LogP contribution in [0.25, 0.3) is 11.0 Å². The second-order valence-corrected chi connectivity index (χ2v) is 12.6. The topological polar surface area (TPSA) is 123 Å². The Morgan fingerprint density at radius 3 is 2.66 bits per heavy atom. The van der Waals surface area contributed by atoms with Crippen molar-refractivity contribution in [2.75, 3.05) is 13.2 Å². The van der Waals surface area contributed by atoms with Gasteiger partial charge in [0.15, 0.2) is 0 Å². The normalized spacial score (nSPS) is 28.1. The van der Waals surface area contributed by atoms with Crippen LogP contribution in [0.2, 0.25) is 0 Å². The van der Waals surface area contributed by atoms with Crippen LogP contribution in [0.5, 0.6) is 5.88 Å². The van der Waals surface area contributed by atoms with Gasteiger partial charge in [0, 0.05) is 23.4 Å². The number of carbonyl (C=O) groups is 3. The van der Waals surface area contributed by atoms with Crippen LogP contribution in [0, 0.1) is 19.5 Å². The molecule has 1 aliphatic carbocycles. The van der Waals surface area contributed by atoms with Crippen molar-refractivity contribution < 1.29 is 44.9 Å². The molecular weight excluding hydrogens is 730 g/mol. The van der Waals surface area contributed by atoms with Crippen molar-refractivity contribution in [3.63, 3.8) is 0 Å². The first kappa shape index (κ1) is 35.6. The zero-order valence-corrected chi connectivity index (χ0v) is 29.4. The van der Waals surface area contributed by atoms with Gasteiger partial charge >= 0.3 is 27.0 Å². The largest absolute Gasteiger partial charge is 2.00 e. The maximum Gasteiger partial charge on any atom is 2.00 e. The van der Waals surface area contributed by atoms with Gasteiger partial charge in [-0.2, -0.15) is 0 Å². The number of fused-ring (bicyclic) bond motifs is 3. The molecule has 3 heterocycles. The Bertz CT molecular complexity index is 1350. The molecule has 2 fully saturated rings. The van der Waals surface area contributed by atoms with Gasteiger partial charge in [0.1, 0.15) is 23.6 Å². The molecule has 238 valence electrons. The van der Waals surface area contributed by atoms with Gasteiger partial charge in [-0.25, -0.2) is 9.78 Å². The van der Waals surface area contributed by atoms with Crippen molar-refractivity contribution in [2.24, 2.45) is 5.92 Å². The Labute approximate surface area is 275 Å². The molecule has 1 saturated carbocycles. The number of ether oxygens (including phenoxy) is 2. The molecule has 0 spiro atoms. The van der Waals surface area contributed by atoms with Gasteiger partial charge in [0.05, 0.1) is 19.2 Å². The van der Waals surface area contributed by atoms with E-state index in [1.54, 1.807) is 11.8 Å². The number of allylic oxidation sites excluding steroid dienone is 1. The smallest absolute Gasteiger partial charge is 0.488 e. The fourth-order valence-electron chi connectivity index (χ4n) is 6.02. The molecule has 0 bridgehead atoms. The van der Waals surface area contributed by atoms with Crippen LogP contribution in [-0.4, -0.2) is 75.1 Å². The number of hydrogen-bond acceptors (Lipinski definition) is 8. The van der Waals surface area contributed by atoms with Gasteiger partial charge in [0.2, 0.25) is 11.8 Å². The van der Waals surface area contributed by atoms with Gasteiger partial charge in [0.25, 0.3) is 0 Å². The molecule has 44 heavy (non-hydrogen) atoms. The fourth-order valence-corrected chi connectivity index (χ4v) is 6.02. The Kier molecular flexibility index (Phi) is 12.1. The monoisotopic (exact) mass is 775 g/mol. The van der Waals surface area contributed by atoms with Crippen LogP contribution in [0.1, 0.15) is 72.6 Å². The summed E-state index contributed by atoms with van der Waals surface area (Å²) in [6.45, 7) is 8.28.